The summed E-state index contributed by atoms with van der Waals surface area (Å²) < 4.78 is 0. The van der Waals surface area contributed by atoms with E-state index in [1.807, 2.05) is 14.0 Å². The Balaban J connectivity index is 2.60. The second-order valence-corrected chi connectivity index (χ2v) is 4.87. The summed E-state index contributed by atoms with van der Waals surface area (Å²) in [5.74, 6) is 0.133. The second-order valence-electron chi connectivity index (χ2n) is 4.87. The summed E-state index contributed by atoms with van der Waals surface area (Å²) in [4.78, 5) is 13.4. The van der Waals surface area contributed by atoms with Gasteiger partial charge in [-0.25, -0.2) is 0 Å². The van der Waals surface area contributed by atoms with Crippen molar-refractivity contribution in [2.24, 2.45) is 0 Å². The smallest absolute Gasteiger partial charge is 0.236 e. The summed E-state index contributed by atoms with van der Waals surface area (Å²) in [6.07, 6.45) is 0. The molecule has 0 saturated heterocycles. The van der Waals surface area contributed by atoms with Gasteiger partial charge in [0.2, 0.25) is 5.91 Å². The number of rotatable bonds is 5. The molecular formula is C15H24N2O. The molecule has 1 unspecified atom stereocenters. The van der Waals surface area contributed by atoms with Crippen LogP contribution in [0.3, 0.4) is 0 Å². The zero-order valence-corrected chi connectivity index (χ0v) is 12.1. The Morgan fingerprint density at radius 2 is 2.06 bits per heavy atom. The predicted molar refractivity (Wildman–Crippen MR) is 75.6 cm³/mol. The van der Waals surface area contributed by atoms with Crippen LogP contribution >= 0.6 is 0 Å². The molecule has 0 saturated carbocycles. The molecule has 0 aliphatic heterocycles. The van der Waals surface area contributed by atoms with Gasteiger partial charge in [0.1, 0.15) is 0 Å². The van der Waals surface area contributed by atoms with E-state index in [4.69, 9.17) is 0 Å². The van der Waals surface area contributed by atoms with Gasteiger partial charge in [0.15, 0.2) is 0 Å². The Bertz CT molecular complexity index is 415. The van der Waals surface area contributed by atoms with Crippen molar-refractivity contribution in [2.45, 2.75) is 33.7 Å². The fourth-order valence-corrected chi connectivity index (χ4v) is 1.97. The van der Waals surface area contributed by atoms with Crippen LogP contribution in [0.2, 0.25) is 0 Å². The number of benzene rings is 1. The molecule has 0 heterocycles. The highest BCUT2D eigenvalue weighted by Gasteiger charge is 2.11. The molecule has 0 aliphatic rings. The Morgan fingerprint density at radius 3 is 2.61 bits per heavy atom. The van der Waals surface area contributed by atoms with Crippen LogP contribution in [0.1, 0.15) is 36.6 Å². The lowest BCUT2D eigenvalue weighted by Crippen LogP contribution is -2.36. The number of hydrogen-bond acceptors (Lipinski definition) is 2. The molecule has 0 aliphatic carbocycles. The molecule has 0 radical (unpaired) electrons. The van der Waals surface area contributed by atoms with Gasteiger partial charge in [-0.05, 0) is 38.8 Å². The summed E-state index contributed by atoms with van der Waals surface area (Å²) in [7, 11) is 1.83. The van der Waals surface area contributed by atoms with E-state index >= 15 is 0 Å². The number of carbonyl (C=O) groups excluding carboxylic acids is 1. The summed E-state index contributed by atoms with van der Waals surface area (Å²) in [6.45, 7) is 9.41. The fourth-order valence-electron chi connectivity index (χ4n) is 1.97. The highest BCUT2D eigenvalue weighted by Crippen LogP contribution is 2.18. The van der Waals surface area contributed by atoms with E-state index in [0.717, 1.165) is 6.54 Å². The average molecular weight is 248 g/mol. The maximum absolute atomic E-state index is 11.7. The molecule has 0 bridgehead atoms. The van der Waals surface area contributed by atoms with E-state index in [2.05, 4.69) is 44.3 Å². The van der Waals surface area contributed by atoms with Crippen molar-refractivity contribution in [3.63, 3.8) is 0 Å². The van der Waals surface area contributed by atoms with Crippen molar-refractivity contribution in [3.05, 3.63) is 34.9 Å². The molecule has 0 spiro atoms. The van der Waals surface area contributed by atoms with Crippen LogP contribution in [0.5, 0.6) is 0 Å². The molecule has 0 fully saturated rings. The first-order valence-corrected chi connectivity index (χ1v) is 6.50. The number of nitrogens with zero attached hydrogens (tertiary/aromatic N) is 1. The molecule has 3 nitrogen and oxygen atoms in total. The molecule has 1 rings (SSSR count). The van der Waals surface area contributed by atoms with Crippen LogP contribution in [-0.2, 0) is 4.79 Å². The SMILES string of the molecule is CCN(C)C(=O)CNC(C)c1ccc(C)cc1C. The highest BCUT2D eigenvalue weighted by atomic mass is 16.2. The number of amides is 1. The van der Waals surface area contributed by atoms with Gasteiger partial charge in [-0.3, -0.25) is 4.79 Å². The first-order valence-electron chi connectivity index (χ1n) is 6.50. The number of likely N-dealkylation sites (N-methyl/N-ethyl adjacent to an activating group) is 1. The molecule has 0 aromatic heterocycles. The topological polar surface area (TPSA) is 32.3 Å². The maximum atomic E-state index is 11.7. The molecule has 1 atom stereocenters. The van der Waals surface area contributed by atoms with Crippen LogP contribution < -0.4 is 5.32 Å². The monoisotopic (exact) mass is 248 g/mol. The van der Waals surface area contributed by atoms with E-state index in [9.17, 15) is 4.79 Å². The zero-order chi connectivity index (χ0) is 13.7. The first-order chi connectivity index (χ1) is 8.45. The standard InChI is InChI=1S/C15H24N2O/c1-6-17(5)15(18)10-16-13(4)14-8-7-11(2)9-12(14)3/h7-9,13,16H,6,10H2,1-5H3. The Kier molecular flexibility index (Phi) is 5.35. The van der Waals surface area contributed by atoms with Crippen molar-refractivity contribution in [1.82, 2.24) is 10.2 Å². The van der Waals surface area contributed by atoms with Crippen LogP contribution in [0.25, 0.3) is 0 Å². The summed E-state index contributed by atoms with van der Waals surface area (Å²) in [6, 6.07) is 6.62. The van der Waals surface area contributed by atoms with Crippen molar-refractivity contribution < 1.29 is 4.79 Å². The summed E-state index contributed by atoms with van der Waals surface area (Å²) >= 11 is 0. The molecular weight excluding hydrogens is 224 g/mol. The minimum Gasteiger partial charge on any atom is -0.345 e. The third-order valence-electron chi connectivity index (χ3n) is 3.35. The average Bonchev–Trinajstić information content (AvgIpc) is 2.34. The Hall–Kier alpha value is -1.35. The van der Waals surface area contributed by atoms with Crippen molar-refractivity contribution in [1.29, 1.82) is 0 Å². The van der Waals surface area contributed by atoms with Crippen molar-refractivity contribution in [2.75, 3.05) is 20.1 Å². The molecule has 3 heteroatoms. The summed E-state index contributed by atoms with van der Waals surface area (Å²) in [5, 5.41) is 3.28. The predicted octanol–water partition coefficient (Wildman–Crippen LogP) is 2.43. The number of carbonyl (C=O) groups is 1. The molecule has 1 amide bonds. The van der Waals surface area contributed by atoms with Gasteiger partial charge >= 0.3 is 0 Å². The van der Waals surface area contributed by atoms with Gasteiger partial charge in [-0.15, -0.1) is 0 Å². The normalized spacial score (nSPS) is 12.3. The molecule has 1 aromatic carbocycles. The molecule has 1 N–H and O–H groups in total. The maximum Gasteiger partial charge on any atom is 0.236 e. The lowest BCUT2D eigenvalue weighted by Gasteiger charge is -2.19. The van der Waals surface area contributed by atoms with Crippen molar-refractivity contribution >= 4 is 5.91 Å². The van der Waals surface area contributed by atoms with E-state index in [-0.39, 0.29) is 11.9 Å². The third-order valence-corrected chi connectivity index (χ3v) is 3.35. The largest absolute Gasteiger partial charge is 0.345 e. The van der Waals surface area contributed by atoms with E-state index in [1.54, 1.807) is 4.90 Å². The quantitative estimate of drug-likeness (QED) is 0.868. The minimum absolute atomic E-state index is 0.133. The van der Waals surface area contributed by atoms with E-state index in [1.165, 1.54) is 16.7 Å². The molecule has 18 heavy (non-hydrogen) atoms. The van der Waals surface area contributed by atoms with Gasteiger partial charge in [0.05, 0.1) is 6.54 Å². The molecule has 100 valence electrons. The van der Waals surface area contributed by atoms with E-state index < -0.39 is 0 Å². The van der Waals surface area contributed by atoms with Gasteiger partial charge in [-0.1, -0.05) is 23.8 Å². The minimum atomic E-state index is 0.133. The number of aryl methyl sites for hydroxylation is 2. The fraction of sp³-hybridized carbons (Fsp3) is 0.533. The lowest BCUT2D eigenvalue weighted by atomic mass is 10.0. The summed E-state index contributed by atoms with van der Waals surface area (Å²) in [5.41, 5.74) is 3.80. The molecule has 1 aromatic rings. The lowest BCUT2D eigenvalue weighted by molar-refractivity contribution is -0.128. The zero-order valence-electron chi connectivity index (χ0n) is 12.1. The van der Waals surface area contributed by atoms with Crippen molar-refractivity contribution in [3.8, 4) is 0 Å². The van der Waals surface area contributed by atoms with Gasteiger partial charge in [0.25, 0.3) is 0 Å². The Labute approximate surface area is 110 Å². The van der Waals surface area contributed by atoms with Crippen LogP contribution in [0.4, 0.5) is 0 Å². The first kappa shape index (κ1) is 14.7. The second kappa shape index (κ2) is 6.55. The number of hydrogen-bond donors (Lipinski definition) is 1. The highest BCUT2D eigenvalue weighted by molar-refractivity contribution is 5.77. The van der Waals surface area contributed by atoms with Gasteiger partial charge in [0, 0.05) is 19.6 Å². The Morgan fingerprint density at radius 1 is 1.39 bits per heavy atom. The van der Waals surface area contributed by atoms with Crippen LogP contribution in [-0.4, -0.2) is 30.9 Å². The van der Waals surface area contributed by atoms with Crippen LogP contribution in [0.15, 0.2) is 18.2 Å². The van der Waals surface area contributed by atoms with E-state index in [0.29, 0.717) is 6.54 Å². The third kappa shape index (κ3) is 3.84. The number of nitrogens with one attached hydrogen (secondary N) is 1. The van der Waals surface area contributed by atoms with Gasteiger partial charge < -0.3 is 10.2 Å². The van der Waals surface area contributed by atoms with Gasteiger partial charge in [-0.2, -0.15) is 0 Å². The van der Waals surface area contributed by atoms with Crippen LogP contribution in [0, 0.1) is 13.8 Å².